The highest BCUT2D eigenvalue weighted by molar-refractivity contribution is 7.14. The van der Waals surface area contributed by atoms with Gasteiger partial charge in [-0.15, -0.1) is 11.3 Å². The normalized spacial score (nSPS) is 10.5. The minimum atomic E-state index is -0.311. The molecule has 6 nitrogen and oxygen atoms in total. The van der Waals surface area contributed by atoms with Crippen LogP contribution in [0.15, 0.2) is 48.1 Å². The minimum absolute atomic E-state index is 0.104. The number of carbonyl (C=O) groups excluding carboxylic acids is 2. The van der Waals surface area contributed by atoms with Crippen LogP contribution in [0.4, 0.5) is 5.13 Å². The lowest BCUT2D eigenvalue weighted by molar-refractivity contribution is -0.115. The number of thiazole rings is 1. The lowest BCUT2D eigenvalue weighted by Gasteiger charge is -2.04. The molecule has 0 fully saturated rings. The average Bonchev–Trinajstić information content (AvgIpc) is 3.45. The first-order chi connectivity index (χ1) is 16.3. The lowest BCUT2D eigenvalue weighted by Crippen LogP contribution is -2.32. The van der Waals surface area contributed by atoms with Gasteiger partial charge in [0.05, 0.1) is 17.8 Å². The van der Waals surface area contributed by atoms with E-state index < -0.39 is 0 Å². The summed E-state index contributed by atoms with van der Waals surface area (Å²) >= 11 is 1.35. The van der Waals surface area contributed by atoms with E-state index in [4.69, 9.17) is 0 Å². The van der Waals surface area contributed by atoms with Crippen molar-refractivity contribution in [2.75, 3.05) is 11.9 Å². The number of amides is 2. The summed E-state index contributed by atoms with van der Waals surface area (Å²) < 4.78 is 1.78. The molecule has 0 bridgehead atoms. The third kappa shape index (κ3) is 9.91. The number of aromatic nitrogens is 2. The van der Waals surface area contributed by atoms with Gasteiger partial charge in [-0.3, -0.25) is 9.59 Å². The Morgan fingerprint density at radius 1 is 1.15 bits per heavy atom. The number of aryl methyl sites for hydroxylation is 2. The van der Waals surface area contributed by atoms with E-state index in [-0.39, 0.29) is 18.4 Å². The summed E-state index contributed by atoms with van der Waals surface area (Å²) in [7, 11) is 1.83. The molecule has 0 saturated heterocycles. The standard InChI is InChI=1S/C18H18N4O2S.C9H20/c1-12-4-3-5-13(8-12)15-11-25-18(20-15)21-16(23)9-19-17(24)14-6-7-22(2)10-14;1-4-5-6-7-8-9(2)3/h3-8,10-11H,9H2,1-2H3,(H,19,24)(H,20,21,23);9H,4-8H2,1-3H3. The Balaban J connectivity index is 0.000000387. The number of hydrogen-bond donors (Lipinski definition) is 2. The monoisotopic (exact) mass is 482 g/mol. The molecule has 0 aliphatic carbocycles. The van der Waals surface area contributed by atoms with E-state index in [0.717, 1.165) is 22.7 Å². The number of hydrogen-bond acceptors (Lipinski definition) is 4. The van der Waals surface area contributed by atoms with Gasteiger partial charge in [-0.25, -0.2) is 4.98 Å². The predicted molar refractivity (Wildman–Crippen MR) is 142 cm³/mol. The fourth-order valence-electron chi connectivity index (χ4n) is 3.31. The Labute approximate surface area is 207 Å². The van der Waals surface area contributed by atoms with Crippen LogP contribution in [-0.4, -0.2) is 27.9 Å². The maximum atomic E-state index is 12.0. The first kappa shape index (κ1) is 27.3. The van der Waals surface area contributed by atoms with Crippen molar-refractivity contribution in [2.24, 2.45) is 13.0 Å². The van der Waals surface area contributed by atoms with Crippen LogP contribution in [-0.2, 0) is 11.8 Å². The molecule has 0 unspecified atom stereocenters. The quantitative estimate of drug-likeness (QED) is 0.327. The fraction of sp³-hybridized carbons (Fsp3) is 0.444. The highest BCUT2D eigenvalue weighted by Crippen LogP contribution is 2.25. The summed E-state index contributed by atoms with van der Waals surface area (Å²) in [6.45, 7) is 8.77. The van der Waals surface area contributed by atoms with Gasteiger partial charge < -0.3 is 15.2 Å². The highest BCUT2D eigenvalue weighted by atomic mass is 32.1. The number of carbonyl (C=O) groups is 2. The molecule has 1 aromatic carbocycles. The van der Waals surface area contributed by atoms with E-state index in [1.807, 2.05) is 43.6 Å². The fourth-order valence-corrected chi connectivity index (χ4v) is 4.05. The van der Waals surface area contributed by atoms with Crippen LogP contribution in [0.2, 0.25) is 0 Å². The largest absolute Gasteiger partial charge is 0.356 e. The van der Waals surface area contributed by atoms with Crippen molar-refractivity contribution in [3.63, 3.8) is 0 Å². The first-order valence-corrected chi connectivity index (χ1v) is 12.9. The second-order valence-electron chi connectivity index (χ2n) is 8.95. The van der Waals surface area contributed by atoms with Crippen LogP contribution in [0.5, 0.6) is 0 Å². The SMILES string of the molecule is CCCCCCC(C)C.Cc1cccc(-c2csc(NC(=O)CNC(=O)c3ccn(C)c3)n2)c1. The molecule has 2 amide bonds. The number of unbranched alkanes of at least 4 members (excludes halogenated alkanes) is 3. The summed E-state index contributed by atoms with van der Waals surface area (Å²) in [5.74, 6) is 0.312. The molecule has 0 radical (unpaired) electrons. The molecule has 184 valence electrons. The van der Waals surface area contributed by atoms with Gasteiger partial charge in [-0.1, -0.05) is 76.6 Å². The number of nitrogens with one attached hydrogen (secondary N) is 2. The summed E-state index contributed by atoms with van der Waals surface area (Å²) in [6.07, 6.45) is 10.5. The van der Waals surface area contributed by atoms with Crippen LogP contribution < -0.4 is 10.6 Å². The van der Waals surface area contributed by atoms with Crippen molar-refractivity contribution >= 4 is 28.3 Å². The number of anilines is 1. The van der Waals surface area contributed by atoms with Gasteiger partial charge >= 0.3 is 0 Å². The summed E-state index contributed by atoms with van der Waals surface area (Å²) in [6, 6.07) is 9.71. The number of benzene rings is 1. The molecule has 0 spiro atoms. The molecule has 0 saturated carbocycles. The van der Waals surface area contributed by atoms with E-state index in [1.165, 1.54) is 43.4 Å². The average molecular weight is 483 g/mol. The predicted octanol–water partition coefficient (Wildman–Crippen LogP) is 6.44. The van der Waals surface area contributed by atoms with E-state index >= 15 is 0 Å². The molecule has 0 aliphatic heterocycles. The van der Waals surface area contributed by atoms with Gasteiger partial charge in [-0.2, -0.15) is 0 Å². The number of nitrogens with zero attached hydrogens (tertiary/aromatic N) is 2. The van der Waals surface area contributed by atoms with Crippen molar-refractivity contribution in [3.8, 4) is 11.3 Å². The maximum absolute atomic E-state index is 12.0. The van der Waals surface area contributed by atoms with Crippen molar-refractivity contribution in [2.45, 2.75) is 59.8 Å². The zero-order chi connectivity index (χ0) is 24.9. The summed E-state index contributed by atoms with van der Waals surface area (Å²) in [5, 5.41) is 7.70. The van der Waals surface area contributed by atoms with Crippen LogP contribution in [0.1, 0.15) is 68.8 Å². The lowest BCUT2D eigenvalue weighted by atomic mass is 10.1. The second-order valence-corrected chi connectivity index (χ2v) is 9.81. The molecule has 3 aromatic rings. The van der Waals surface area contributed by atoms with Gasteiger partial charge in [0.15, 0.2) is 5.13 Å². The maximum Gasteiger partial charge on any atom is 0.253 e. The van der Waals surface area contributed by atoms with Crippen molar-refractivity contribution in [1.82, 2.24) is 14.9 Å². The molecular weight excluding hydrogens is 444 g/mol. The molecule has 0 atom stereocenters. The molecule has 2 aromatic heterocycles. The molecule has 3 rings (SSSR count). The van der Waals surface area contributed by atoms with Gasteiger partial charge in [0, 0.05) is 30.4 Å². The Kier molecular flexibility index (Phi) is 11.5. The van der Waals surface area contributed by atoms with Gasteiger partial charge in [-0.05, 0) is 25.0 Å². The Hall–Kier alpha value is -2.93. The summed E-state index contributed by atoms with van der Waals surface area (Å²) in [5.41, 5.74) is 3.50. The molecular formula is C27H38N4O2S. The van der Waals surface area contributed by atoms with Crippen molar-refractivity contribution < 1.29 is 9.59 Å². The second kappa shape index (κ2) is 14.4. The molecule has 2 heterocycles. The van der Waals surface area contributed by atoms with E-state index in [1.54, 1.807) is 23.0 Å². The zero-order valence-electron chi connectivity index (χ0n) is 21.1. The Morgan fingerprint density at radius 2 is 1.94 bits per heavy atom. The molecule has 7 heteroatoms. The number of rotatable bonds is 10. The molecule has 2 N–H and O–H groups in total. The van der Waals surface area contributed by atoms with E-state index in [0.29, 0.717) is 10.7 Å². The summed E-state index contributed by atoms with van der Waals surface area (Å²) in [4.78, 5) is 28.3. The van der Waals surface area contributed by atoms with Gasteiger partial charge in [0.2, 0.25) is 5.91 Å². The van der Waals surface area contributed by atoms with Crippen LogP contribution >= 0.6 is 11.3 Å². The van der Waals surface area contributed by atoms with E-state index in [2.05, 4.69) is 36.4 Å². The topological polar surface area (TPSA) is 76.0 Å². The first-order valence-electron chi connectivity index (χ1n) is 12.0. The third-order valence-corrected chi connectivity index (χ3v) is 5.96. The molecule has 34 heavy (non-hydrogen) atoms. The van der Waals surface area contributed by atoms with Gasteiger partial charge in [0.25, 0.3) is 5.91 Å². The van der Waals surface area contributed by atoms with Crippen molar-refractivity contribution in [3.05, 3.63) is 59.2 Å². The van der Waals surface area contributed by atoms with Crippen LogP contribution in [0, 0.1) is 12.8 Å². The van der Waals surface area contributed by atoms with Gasteiger partial charge in [0.1, 0.15) is 0 Å². The Morgan fingerprint density at radius 3 is 2.59 bits per heavy atom. The third-order valence-electron chi connectivity index (χ3n) is 5.20. The smallest absolute Gasteiger partial charge is 0.253 e. The zero-order valence-corrected chi connectivity index (χ0v) is 21.9. The Bertz CT molecular complexity index is 1040. The van der Waals surface area contributed by atoms with E-state index in [9.17, 15) is 9.59 Å². The highest BCUT2D eigenvalue weighted by Gasteiger charge is 2.11. The van der Waals surface area contributed by atoms with Crippen molar-refractivity contribution in [1.29, 1.82) is 0 Å². The minimum Gasteiger partial charge on any atom is -0.356 e. The van der Waals surface area contributed by atoms with Crippen LogP contribution in [0.25, 0.3) is 11.3 Å². The van der Waals surface area contributed by atoms with Crippen LogP contribution in [0.3, 0.4) is 0 Å². The molecule has 0 aliphatic rings.